The predicted octanol–water partition coefficient (Wildman–Crippen LogP) is 3.36. The first-order valence-electron chi connectivity index (χ1n) is 14.4. The van der Waals surface area contributed by atoms with Crippen LogP contribution in [0.25, 0.3) is 0 Å². The molecule has 3 saturated carbocycles. The lowest BCUT2D eigenvalue weighted by molar-refractivity contribution is -0.211. The summed E-state index contributed by atoms with van der Waals surface area (Å²) in [5, 5.41) is 24.0. The Labute approximate surface area is 236 Å². The van der Waals surface area contributed by atoms with Crippen LogP contribution in [0.3, 0.4) is 0 Å². The van der Waals surface area contributed by atoms with Gasteiger partial charge in [0.15, 0.2) is 0 Å². The summed E-state index contributed by atoms with van der Waals surface area (Å²) in [5.41, 5.74) is -0.891. The van der Waals surface area contributed by atoms with Crippen LogP contribution in [-0.2, 0) is 14.1 Å². The average Bonchev–Trinajstić information content (AvgIpc) is 3.23. The largest absolute Gasteiger partial charge is 0.481 e. The summed E-state index contributed by atoms with van der Waals surface area (Å²) in [6.45, 7) is 10.1. The van der Waals surface area contributed by atoms with Crippen LogP contribution in [0, 0.1) is 40.7 Å². The van der Waals surface area contributed by atoms with Gasteiger partial charge in [-0.3, -0.25) is 9.59 Å². The number of carbonyl (C=O) groups excluding carboxylic acids is 2. The molecule has 220 valence electrons. The quantitative estimate of drug-likeness (QED) is 0.291. The molecule has 0 radical (unpaired) electrons. The van der Waals surface area contributed by atoms with Crippen molar-refractivity contribution in [2.45, 2.75) is 90.7 Å². The Morgan fingerprint density at radius 2 is 1.93 bits per heavy atom. The summed E-state index contributed by atoms with van der Waals surface area (Å²) in [6.07, 6.45) is 4.68. The molecule has 1 aliphatic heterocycles. The third-order valence-corrected chi connectivity index (χ3v) is 9.52. The number of halogens is 2. The predicted molar refractivity (Wildman–Crippen MR) is 148 cm³/mol. The molecule has 2 unspecified atom stereocenters. The van der Waals surface area contributed by atoms with Crippen molar-refractivity contribution in [1.82, 2.24) is 10.6 Å². The van der Waals surface area contributed by atoms with Crippen LogP contribution < -0.4 is 10.6 Å². The molecular formula is C28H42B2F2N2O6. The lowest BCUT2D eigenvalue weighted by atomic mass is 9.41. The van der Waals surface area contributed by atoms with Gasteiger partial charge in [0.25, 0.3) is 5.91 Å². The second-order valence-corrected chi connectivity index (χ2v) is 13.0. The van der Waals surface area contributed by atoms with E-state index in [9.17, 15) is 28.4 Å². The summed E-state index contributed by atoms with van der Waals surface area (Å²) < 4.78 is 40.5. The Bertz CT molecular complexity index is 1100. The Kier molecular flexibility index (Phi) is 9.34. The highest BCUT2D eigenvalue weighted by atomic mass is 19.1. The first-order valence-corrected chi connectivity index (χ1v) is 14.4. The normalized spacial score (nSPS) is 30.4. The molecule has 1 aromatic rings. The molecule has 4 aliphatic rings. The van der Waals surface area contributed by atoms with E-state index in [2.05, 4.69) is 24.5 Å². The number of rotatable bonds is 12. The Morgan fingerprint density at radius 1 is 1.20 bits per heavy atom. The number of carbonyl (C=O) groups is 2. The van der Waals surface area contributed by atoms with E-state index in [-0.39, 0.29) is 29.3 Å². The molecule has 0 spiro atoms. The fourth-order valence-electron chi connectivity index (χ4n) is 7.23. The maximum absolute atomic E-state index is 13.9. The molecule has 2 amide bonds. The van der Waals surface area contributed by atoms with Crippen LogP contribution in [0.15, 0.2) is 18.2 Å². The summed E-state index contributed by atoms with van der Waals surface area (Å²) in [4.78, 5) is 25.2. The number of hydrogen-bond acceptors (Lipinski definition) is 6. The van der Waals surface area contributed by atoms with E-state index in [0.717, 1.165) is 43.9 Å². The second-order valence-electron chi connectivity index (χ2n) is 13.0. The highest BCUT2D eigenvalue weighted by molar-refractivity contribution is 6.48. The van der Waals surface area contributed by atoms with E-state index >= 15 is 0 Å². The highest BCUT2D eigenvalue weighted by Gasteiger charge is 2.69. The van der Waals surface area contributed by atoms with Gasteiger partial charge in [-0.05, 0) is 86.2 Å². The van der Waals surface area contributed by atoms with Gasteiger partial charge in [0.1, 0.15) is 11.6 Å². The molecule has 1 saturated heterocycles. The molecule has 12 heteroatoms. The Balaban J connectivity index is 1.38. The van der Waals surface area contributed by atoms with Crippen molar-refractivity contribution in [2.75, 3.05) is 6.54 Å². The zero-order valence-electron chi connectivity index (χ0n) is 24.1. The van der Waals surface area contributed by atoms with E-state index < -0.39 is 61.3 Å². The highest BCUT2D eigenvalue weighted by Crippen LogP contribution is 2.67. The number of hydrogen-bond donors (Lipinski definition) is 4. The standard InChI is InChI=1S/C28H42B2F2N2O6/c1-16(2)10-24(34-25(35)15-33-26(36)20-13-19(31)6-7-21(20)32)30-39-23-12-18-11-22(28(23,5)40-30)27(18,4)9-8-17(3)14-29(37)38/h6-7,13,16-18,22-24,37-38H,8-12,14-15H2,1-5H3,(H,33,36)(H,34,35)/t17?,18?,22-,23+,24-,27+,28-/m0/s1. The van der Waals surface area contributed by atoms with Gasteiger partial charge >= 0.3 is 14.2 Å². The monoisotopic (exact) mass is 562 g/mol. The summed E-state index contributed by atoms with van der Waals surface area (Å²) in [7, 11) is -1.94. The third kappa shape index (κ3) is 6.40. The first-order chi connectivity index (χ1) is 18.7. The van der Waals surface area contributed by atoms with Crippen LogP contribution in [0.4, 0.5) is 8.78 Å². The van der Waals surface area contributed by atoms with Crippen LogP contribution >= 0.6 is 0 Å². The van der Waals surface area contributed by atoms with Gasteiger partial charge in [0, 0.05) is 0 Å². The van der Waals surface area contributed by atoms with Crippen molar-refractivity contribution in [2.24, 2.45) is 29.1 Å². The zero-order chi connectivity index (χ0) is 29.4. The maximum Gasteiger partial charge on any atom is 0.481 e. The van der Waals surface area contributed by atoms with Crippen LogP contribution in [-0.4, -0.2) is 60.3 Å². The fraction of sp³-hybridized carbons (Fsp3) is 0.714. The molecule has 8 nitrogen and oxygen atoms in total. The number of nitrogens with one attached hydrogen (secondary N) is 2. The lowest BCUT2D eigenvalue weighted by Crippen LogP contribution is -2.66. The van der Waals surface area contributed by atoms with E-state index in [1.165, 1.54) is 0 Å². The van der Waals surface area contributed by atoms with Crippen LogP contribution in [0.5, 0.6) is 0 Å². The molecule has 1 aromatic carbocycles. The summed E-state index contributed by atoms with van der Waals surface area (Å²) in [5.74, 6) is -2.19. The zero-order valence-corrected chi connectivity index (χ0v) is 24.1. The maximum atomic E-state index is 13.9. The van der Waals surface area contributed by atoms with Gasteiger partial charge < -0.3 is 30.0 Å². The Morgan fingerprint density at radius 3 is 2.60 bits per heavy atom. The minimum Gasteiger partial charge on any atom is -0.427 e. The molecule has 2 bridgehead atoms. The molecule has 3 aliphatic carbocycles. The second kappa shape index (κ2) is 12.1. The van der Waals surface area contributed by atoms with E-state index in [1.54, 1.807) is 0 Å². The van der Waals surface area contributed by atoms with Gasteiger partial charge in [-0.15, -0.1) is 0 Å². The topological polar surface area (TPSA) is 117 Å². The molecule has 5 rings (SSSR count). The molecule has 0 aromatic heterocycles. The van der Waals surface area contributed by atoms with E-state index in [0.29, 0.717) is 18.7 Å². The summed E-state index contributed by atoms with van der Waals surface area (Å²) in [6, 6.07) is 2.58. The molecule has 4 fully saturated rings. The van der Waals surface area contributed by atoms with E-state index in [4.69, 9.17) is 9.31 Å². The molecule has 1 heterocycles. The average molecular weight is 562 g/mol. The molecular weight excluding hydrogens is 520 g/mol. The SMILES string of the molecule is CC(C)C[C@H](NC(=O)CNC(=O)c1cc(F)ccc1F)B1O[C@@H]2CC3C[C@H]([C@]2(C)O1)[C@]3(C)CCC(C)CB(O)O. The van der Waals surface area contributed by atoms with Crippen molar-refractivity contribution in [3.05, 3.63) is 35.4 Å². The van der Waals surface area contributed by atoms with Crippen LogP contribution in [0.1, 0.15) is 77.1 Å². The van der Waals surface area contributed by atoms with Gasteiger partial charge in [-0.25, -0.2) is 8.78 Å². The van der Waals surface area contributed by atoms with Crippen molar-refractivity contribution < 1.29 is 37.7 Å². The van der Waals surface area contributed by atoms with Gasteiger partial charge in [0.05, 0.1) is 29.8 Å². The first kappa shape index (κ1) is 30.9. The van der Waals surface area contributed by atoms with Crippen LogP contribution in [0.2, 0.25) is 6.32 Å². The number of benzene rings is 1. The van der Waals surface area contributed by atoms with Crippen molar-refractivity contribution >= 4 is 26.1 Å². The van der Waals surface area contributed by atoms with Gasteiger partial charge in [0.2, 0.25) is 5.91 Å². The van der Waals surface area contributed by atoms with Gasteiger partial charge in [-0.1, -0.05) is 34.1 Å². The minimum absolute atomic E-state index is 0.0748. The van der Waals surface area contributed by atoms with Crippen molar-refractivity contribution in [3.63, 3.8) is 0 Å². The molecule has 4 N–H and O–H groups in total. The molecule has 7 atom stereocenters. The fourth-order valence-corrected chi connectivity index (χ4v) is 7.23. The summed E-state index contributed by atoms with van der Waals surface area (Å²) >= 11 is 0. The number of amides is 2. The minimum atomic E-state index is -1.29. The van der Waals surface area contributed by atoms with Crippen molar-refractivity contribution in [3.8, 4) is 0 Å². The van der Waals surface area contributed by atoms with Crippen molar-refractivity contribution in [1.29, 1.82) is 0 Å². The lowest BCUT2D eigenvalue weighted by Gasteiger charge is -2.66. The smallest absolute Gasteiger partial charge is 0.427 e. The Hall–Kier alpha value is -2.01. The van der Waals surface area contributed by atoms with Gasteiger partial charge in [-0.2, -0.15) is 0 Å². The van der Waals surface area contributed by atoms with E-state index in [1.807, 2.05) is 20.8 Å². The third-order valence-electron chi connectivity index (χ3n) is 9.52. The molecule has 40 heavy (non-hydrogen) atoms.